The van der Waals surface area contributed by atoms with Crippen LogP contribution in [-0.2, 0) is 22.2 Å². The molecule has 0 spiro atoms. The van der Waals surface area contributed by atoms with E-state index in [1.165, 1.54) is 24.1 Å². The highest BCUT2D eigenvalue weighted by molar-refractivity contribution is 5.85. The Bertz CT molecular complexity index is 568. The molecule has 0 aromatic heterocycles. The molecule has 120 valence electrons. The summed E-state index contributed by atoms with van der Waals surface area (Å²) in [4.78, 5) is 24.8. The highest BCUT2D eigenvalue weighted by Crippen LogP contribution is 2.29. The summed E-state index contributed by atoms with van der Waals surface area (Å²) < 4.78 is 37.8. The van der Waals surface area contributed by atoms with E-state index in [1.54, 1.807) is 0 Å². The van der Waals surface area contributed by atoms with Gasteiger partial charge in [-0.3, -0.25) is 9.59 Å². The fourth-order valence-electron chi connectivity index (χ4n) is 1.97. The van der Waals surface area contributed by atoms with E-state index in [9.17, 15) is 22.8 Å². The van der Waals surface area contributed by atoms with Crippen LogP contribution in [0.2, 0.25) is 0 Å². The number of hydrogen-bond acceptors (Lipinski definition) is 2. The highest BCUT2D eigenvalue weighted by Gasteiger charge is 2.30. The summed E-state index contributed by atoms with van der Waals surface area (Å²) in [6.45, 7) is -0.0890. The number of halogens is 3. The Morgan fingerprint density at radius 3 is 2.59 bits per heavy atom. The van der Waals surface area contributed by atoms with Gasteiger partial charge in [0.05, 0.1) is 18.5 Å². The van der Waals surface area contributed by atoms with Gasteiger partial charge in [-0.15, -0.1) is 0 Å². The Kier molecular flexibility index (Phi) is 4.73. The first-order valence-electron chi connectivity index (χ1n) is 6.95. The monoisotopic (exact) mass is 314 g/mol. The minimum atomic E-state index is -4.44. The maximum absolute atomic E-state index is 12.6. The molecule has 1 fully saturated rings. The summed E-state index contributed by atoms with van der Waals surface area (Å²) in [5.74, 6) is -0.646. The minimum Gasteiger partial charge on any atom is -0.352 e. The van der Waals surface area contributed by atoms with Crippen molar-refractivity contribution in [1.82, 2.24) is 10.2 Å². The van der Waals surface area contributed by atoms with Crippen LogP contribution in [-0.4, -0.2) is 36.3 Å². The van der Waals surface area contributed by atoms with E-state index in [4.69, 9.17) is 0 Å². The van der Waals surface area contributed by atoms with Crippen LogP contribution in [0.1, 0.15) is 24.0 Å². The van der Waals surface area contributed by atoms with Crippen LogP contribution in [0.5, 0.6) is 0 Å². The van der Waals surface area contributed by atoms with Crippen LogP contribution >= 0.6 is 0 Å². The van der Waals surface area contributed by atoms with Crippen molar-refractivity contribution in [2.45, 2.75) is 31.5 Å². The number of nitrogens with one attached hydrogen (secondary N) is 1. The van der Waals surface area contributed by atoms with Crippen molar-refractivity contribution >= 4 is 11.8 Å². The summed E-state index contributed by atoms with van der Waals surface area (Å²) in [5.41, 5.74) is -0.513. The molecular weight excluding hydrogens is 297 g/mol. The summed E-state index contributed by atoms with van der Waals surface area (Å²) in [7, 11) is 1.46. The van der Waals surface area contributed by atoms with Crippen molar-refractivity contribution in [3.63, 3.8) is 0 Å². The molecule has 0 bridgehead atoms. The molecule has 1 aromatic carbocycles. The van der Waals surface area contributed by atoms with E-state index in [2.05, 4.69) is 5.32 Å². The molecule has 0 unspecified atom stereocenters. The van der Waals surface area contributed by atoms with Gasteiger partial charge in [-0.2, -0.15) is 13.2 Å². The van der Waals surface area contributed by atoms with Crippen LogP contribution in [0.4, 0.5) is 13.2 Å². The molecule has 22 heavy (non-hydrogen) atoms. The van der Waals surface area contributed by atoms with Crippen molar-refractivity contribution in [1.29, 1.82) is 0 Å². The van der Waals surface area contributed by atoms with Gasteiger partial charge in [0.15, 0.2) is 0 Å². The predicted octanol–water partition coefficient (Wildman–Crippen LogP) is 1.98. The first kappa shape index (κ1) is 16.3. The first-order chi connectivity index (χ1) is 10.3. The number of rotatable bonds is 5. The van der Waals surface area contributed by atoms with Crippen molar-refractivity contribution in [2.24, 2.45) is 0 Å². The van der Waals surface area contributed by atoms with Gasteiger partial charge in [0.25, 0.3) is 0 Å². The smallest absolute Gasteiger partial charge is 0.352 e. The lowest BCUT2D eigenvalue weighted by molar-refractivity contribution is -0.138. The molecule has 1 saturated carbocycles. The zero-order chi connectivity index (χ0) is 16.3. The Labute approximate surface area is 126 Å². The number of likely N-dealkylation sites (N-methyl/N-ethyl adjacent to an activating group) is 1. The molecule has 0 aliphatic heterocycles. The highest BCUT2D eigenvalue weighted by atomic mass is 19.4. The molecule has 1 aromatic rings. The van der Waals surface area contributed by atoms with Gasteiger partial charge in [-0.1, -0.05) is 18.2 Å². The van der Waals surface area contributed by atoms with E-state index < -0.39 is 17.6 Å². The summed E-state index contributed by atoms with van der Waals surface area (Å²) >= 11 is 0. The number of hydrogen-bond donors (Lipinski definition) is 1. The van der Waals surface area contributed by atoms with Gasteiger partial charge in [0, 0.05) is 13.1 Å². The second-order valence-corrected chi connectivity index (χ2v) is 5.47. The molecule has 0 saturated heterocycles. The third-order valence-electron chi connectivity index (χ3n) is 3.36. The zero-order valence-electron chi connectivity index (χ0n) is 12.1. The lowest BCUT2D eigenvalue weighted by atomic mass is 10.1. The number of alkyl halides is 3. The molecule has 0 heterocycles. The van der Waals surface area contributed by atoms with E-state index in [-0.39, 0.29) is 30.5 Å². The van der Waals surface area contributed by atoms with E-state index in [0.29, 0.717) is 0 Å². The number of carbonyl (C=O) groups excluding carboxylic acids is 2. The fourth-order valence-corrected chi connectivity index (χ4v) is 1.97. The van der Waals surface area contributed by atoms with E-state index in [0.717, 1.165) is 25.0 Å². The molecule has 1 aliphatic carbocycles. The molecule has 1 N–H and O–H groups in total. The standard InChI is InChI=1S/C15H17F3N2O2/c1-20(9-13(21)19-12-5-6-12)14(22)8-10-3-2-4-11(7-10)15(16,17)18/h2-4,7,12H,5-6,8-9H2,1H3,(H,19,21). The SMILES string of the molecule is CN(CC(=O)NC1CC1)C(=O)Cc1cccc(C(F)(F)F)c1. The van der Waals surface area contributed by atoms with Crippen molar-refractivity contribution in [2.75, 3.05) is 13.6 Å². The molecule has 2 amide bonds. The van der Waals surface area contributed by atoms with Gasteiger partial charge in [0.2, 0.25) is 11.8 Å². The second-order valence-electron chi connectivity index (χ2n) is 5.47. The lowest BCUT2D eigenvalue weighted by Gasteiger charge is -2.17. The molecule has 0 atom stereocenters. The third kappa shape index (κ3) is 4.75. The second kappa shape index (κ2) is 6.37. The molecule has 1 aliphatic rings. The minimum absolute atomic E-state index is 0.0890. The molecule has 7 heteroatoms. The van der Waals surface area contributed by atoms with Crippen molar-refractivity contribution < 1.29 is 22.8 Å². The molecular formula is C15H17F3N2O2. The van der Waals surface area contributed by atoms with Crippen molar-refractivity contribution in [3.05, 3.63) is 35.4 Å². The zero-order valence-corrected chi connectivity index (χ0v) is 12.1. The summed E-state index contributed by atoms with van der Waals surface area (Å²) in [6, 6.07) is 4.85. The molecule has 4 nitrogen and oxygen atoms in total. The summed E-state index contributed by atoms with van der Waals surface area (Å²) in [6.07, 6.45) is -2.70. The number of carbonyl (C=O) groups is 2. The normalized spacial score (nSPS) is 14.5. The fraction of sp³-hybridized carbons (Fsp3) is 0.467. The van der Waals surface area contributed by atoms with Gasteiger partial charge in [-0.25, -0.2) is 0 Å². The Balaban J connectivity index is 1.91. The molecule has 2 rings (SSSR count). The maximum atomic E-state index is 12.6. The quantitative estimate of drug-likeness (QED) is 0.903. The third-order valence-corrected chi connectivity index (χ3v) is 3.36. The van der Waals surface area contributed by atoms with Crippen molar-refractivity contribution in [3.8, 4) is 0 Å². The number of amides is 2. The average Bonchev–Trinajstić information content (AvgIpc) is 3.21. The Hall–Kier alpha value is -2.05. The van der Waals surface area contributed by atoms with Gasteiger partial charge < -0.3 is 10.2 Å². The topological polar surface area (TPSA) is 49.4 Å². The Morgan fingerprint density at radius 1 is 1.32 bits per heavy atom. The van der Waals surface area contributed by atoms with Crippen LogP contribution in [0.15, 0.2) is 24.3 Å². The van der Waals surface area contributed by atoms with Gasteiger partial charge in [-0.05, 0) is 24.5 Å². The largest absolute Gasteiger partial charge is 0.416 e. The first-order valence-corrected chi connectivity index (χ1v) is 6.95. The van der Waals surface area contributed by atoms with E-state index in [1.807, 2.05) is 0 Å². The van der Waals surface area contributed by atoms with E-state index >= 15 is 0 Å². The van der Waals surface area contributed by atoms with Crippen LogP contribution in [0.25, 0.3) is 0 Å². The number of benzene rings is 1. The Morgan fingerprint density at radius 2 is 2.00 bits per heavy atom. The molecule has 0 radical (unpaired) electrons. The van der Waals surface area contributed by atoms with Crippen LogP contribution in [0.3, 0.4) is 0 Å². The average molecular weight is 314 g/mol. The number of nitrogens with zero attached hydrogens (tertiary/aromatic N) is 1. The lowest BCUT2D eigenvalue weighted by Crippen LogP contribution is -2.39. The van der Waals surface area contributed by atoms with Gasteiger partial charge in [0.1, 0.15) is 0 Å². The van der Waals surface area contributed by atoms with Crippen LogP contribution < -0.4 is 5.32 Å². The maximum Gasteiger partial charge on any atom is 0.416 e. The van der Waals surface area contributed by atoms with Gasteiger partial charge >= 0.3 is 6.18 Å². The summed E-state index contributed by atoms with van der Waals surface area (Å²) in [5, 5.41) is 2.75. The predicted molar refractivity (Wildman–Crippen MR) is 73.9 cm³/mol. The van der Waals surface area contributed by atoms with Crippen LogP contribution in [0, 0.1) is 0 Å².